The third-order valence-corrected chi connectivity index (χ3v) is 8.88. The van der Waals surface area contributed by atoms with Crippen LogP contribution in [-0.4, -0.2) is 61.0 Å². The molecule has 6 aromatic rings. The number of aromatic nitrogens is 4. The normalized spacial score (nSPS) is 17.2. The van der Waals surface area contributed by atoms with Crippen molar-refractivity contribution in [3.05, 3.63) is 156 Å². The summed E-state index contributed by atoms with van der Waals surface area (Å²) in [5.74, 6) is -0.0523. The van der Waals surface area contributed by atoms with Crippen LogP contribution in [0.4, 0.5) is 5.82 Å². The largest absolute Gasteiger partial charge is 0.694 e. The number of morpholine rings is 1. The molecular formula is C36H32N6O5P+. The Morgan fingerprint density at radius 3 is 1.96 bits per heavy atom. The number of hydrogen-bond acceptors (Lipinski definition) is 8. The first kappa shape index (κ1) is 31.4. The molecule has 1 aliphatic heterocycles. The molecule has 0 radical (unpaired) electrons. The molecule has 2 N–H and O–H groups in total. The first-order chi connectivity index (χ1) is 23.5. The summed E-state index contributed by atoms with van der Waals surface area (Å²) in [5.41, 5.74) is 3.68. The molecule has 48 heavy (non-hydrogen) atoms. The van der Waals surface area contributed by atoms with Crippen molar-refractivity contribution in [1.29, 1.82) is 0 Å². The quantitative estimate of drug-likeness (QED) is 0.136. The van der Waals surface area contributed by atoms with Crippen LogP contribution in [0.5, 0.6) is 0 Å². The molecule has 1 unspecified atom stereocenters. The van der Waals surface area contributed by atoms with E-state index in [9.17, 15) is 14.3 Å². The second kappa shape index (κ2) is 13.9. The number of anilines is 1. The molecule has 0 saturated carbocycles. The number of benzene rings is 4. The standard InChI is InChI=1S/C36H31N6O5P/c43-35(26-13-5-1-6-14-26)40-33-32-34(38-24-37-33)42(25-39-32)31-22-41(21-30(47-31)23-46-48(44)45)36(27-15-7-2-8-16-27,28-17-9-3-10-18-28)29-19-11-4-12-20-29/h1-20,24-25,30-31H,21-23H2,(H-,37,38,40,43,44,45)/p+1/t30-,31+/m0/s1. The summed E-state index contributed by atoms with van der Waals surface area (Å²) in [6.45, 7) is 0.632. The van der Waals surface area contributed by atoms with Crippen molar-refractivity contribution in [2.75, 3.05) is 25.0 Å². The molecule has 3 heterocycles. The van der Waals surface area contributed by atoms with Crippen molar-refractivity contribution in [3.63, 3.8) is 0 Å². The summed E-state index contributed by atoms with van der Waals surface area (Å²) in [5, 5.41) is 2.86. The van der Waals surface area contributed by atoms with Crippen LogP contribution in [0.1, 0.15) is 33.3 Å². The highest BCUT2D eigenvalue weighted by atomic mass is 31.1. The predicted molar refractivity (Wildman–Crippen MR) is 180 cm³/mol. The number of imidazole rings is 1. The Bertz CT molecular complexity index is 1920. The zero-order valence-electron chi connectivity index (χ0n) is 25.7. The molecule has 1 amide bonds. The first-order valence-corrected chi connectivity index (χ1v) is 16.6. The lowest BCUT2D eigenvalue weighted by molar-refractivity contribution is -0.145. The number of amides is 1. The highest BCUT2D eigenvalue weighted by Crippen LogP contribution is 2.45. The van der Waals surface area contributed by atoms with Gasteiger partial charge in [-0.25, -0.2) is 15.0 Å². The number of nitrogens with zero attached hydrogens (tertiary/aromatic N) is 5. The Balaban J connectivity index is 1.34. The number of rotatable bonds is 10. The van der Waals surface area contributed by atoms with E-state index in [1.807, 2.05) is 60.7 Å². The van der Waals surface area contributed by atoms with Gasteiger partial charge in [-0.3, -0.25) is 14.3 Å². The predicted octanol–water partition coefficient (Wildman–Crippen LogP) is 5.94. The fourth-order valence-corrected chi connectivity index (χ4v) is 6.79. The van der Waals surface area contributed by atoms with Gasteiger partial charge >= 0.3 is 8.25 Å². The molecule has 4 aromatic carbocycles. The van der Waals surface area contributed by atoms with Gasteiger partial charge in [0.1, 0.15) is 25.3 Å². The molecule has 240 valence electrons. The van der Waals surface area contributed by atoms with Crippen LogP contribution in [0, 0.1) is 0 Å². The Kier molecular flexibility index (Phi) is 9.11. The van der Waals surface area contributed by atoms with Gasteiger partial charge in [0.2, 0.25) is 0 Å². The minimum absolute atomic E-state index is 0.118. The zero-order valence-corrected chi connectivity index (χ0v) is 26.6. The van der Waals surface area contributed by atoms with Gasteiger partial charge in [0.05, 0.1) is 11.9 Å². The lowest BCUT2D eigenvalue weighted by Crippen LogP contribution is -2.57. The van der Waals surface area contributed by atoms with Gasteiger partial charge in [-0.2, -0.15) is 0 Å². The van der Waals surface area contributed by atoms with E-state index < -0.39 is 26.1 Å². The summed E-state index contributed by atoms with van der Waals surface area (Å²) >= 11 is 0. The minimum atomic E-state index is -2.85. The van der Waals surface area contributed by atoms with Crippen LogP contribution >= 0.6 is 8.25 Å². The zero-order chi connectivity index (χ0) is 32.9. The summed E-state index contributed by atoms with van der Waals surface area (Å²) in [6, 6.07) is 39.7. The molecule has 11 nitrogen and oxygen atoms in total. The van der Waals surface area contributed by atoms with Crippen LogP contribution < -0.4 is 5.32 Å². The molecule has 7 rings (SSSR count). The Morgan fingerprint density at radius 1 is 0.833 bits per heavy atom. The average molecular weight is 660 g/mol. The fourth-order valence-electron chi connectivity index (χ4n) is 6.49. The topological polar surface area (TPSA) is 132 Å². The molecule has 0 aliphatic carbocycles. The van der Waals surface area contributed by atoms with E-state index in [-0.39, 0.29) is 18.3 Å². The highest BCUT2D eigenvalue weighted by molar-refractivity contribution is 7.32. The number of ether oxygens (including phenoxy) is 1. The van der Waals surface area contributed by atoms with Crippen molar-refractivity contribution >= 4 is 31.1 Å². The van der Waals surface area contributed by atoms with E-state index in [0.717, 1.165) is 16.7 Å². The second-order valence-electron chi connectivity index (χ2n) is 11.3. The third kappa shape index (κ3) is 6.13. The highest BCUT2D eigenvalue weighted by Gasteiger charge is 2.47. The van der Waals surface area contributed by atoms with E-state index in [1.165, 1.54) is 6.33 Å². The average Bonchev–Trinajstić information content (AvgIpc) is 3.58. The molecule has 2 aromatic heterocycles. The Morgan fingerprint density at radius 2 is 1.40 bits per heavy atom. The summed E-state index contributed by atoms with van der Waals surface area (Å²) in [6.07, 6.45) is 1.73. The molecule has 1 aliphatic rings. The number of fused-ring (bicyclic) bond motifs is 1. The van der Waals surface area contributed by atoms with E-state index in [0.29, 0.717) is 29.8 Å². The number of nitrogens with one attached hydrogen (secondary N) is 1. The van der Waals surface area contributed by atoms with Gasteiger partial charge in [0.15, 0.2) is 17.0 Å². The van der Waals surface area contributed by atoms with Gasteiger partial charge in [0, 0.05) is 23.2 Å². The van der Waals surface area contributed by atoms with Crippen LogP contribution in [0.2, 0.25) is 0 Å². The van der Waals surface area contributed by atoms with Gasteiger partial charge < -0.3 is 10.1 Å². The Labute approximate surface area is 277 Å². The number of hydrogen-bond donors (Lipinski definition) is 2. The molecular weight excluding hydrogens is 627 g/mol. The fraction of sp³-hybridized carbons (Fsp3) is 0.167. The first-order valence-electron chi connectivity index (χ1n) is 15.4. The lowest BCUT2D eigenvalue weighted by atomic mass is 9.75. The molecule has 0 bridgehead atoms. The van der Waals surface area contributed by atoms with Crippen LogP contribution in [-0.2, 0) is 19.4 Å². The van der Waals surface area contributed by atoms with Crippen molar-refractivity contribution < 1.29 is 23.5 Å². The summed E-state index contributed by atoms with van der Waals surface area (Å²) < 4.78 is 25.3. The summed E-state index contributed by atoms with van der Waals surface area (Å²) in [4.78, 5) is 38.4. The number of carbonyl (C=O) groups excluding carboxylic acids is 1. The van der Waals surface area contributed by atoms with E-state index in [2.05, 4.69) is 61.6 Å². The van der Waals surface area contributed by atoms with E-state index in [1.54, 1.807) is 35.2 Å². The van der Waals surface area contributed by atoms with Gasteiger partial charge in [-0.15, -0.1) is 9.42 Å². The van der Waals surface area contributed by atoms with Crippen LogP contribution in [0.25, 0.3) is 11.2 Å². The summed E-state index contributed by atoms with van der Waals surface area (Å²) in [7, 11) is -2.85. The smallest absolute Gasteiger partial charge is 0.349 e. The van der Waals surface area contributed by atoms with Crippen molar-refractivity contribution in [2.45, 2.75) is 17.9 Å². The lowest BCUT2D eigenvalue weighted by Gasteiger charge is -2.50. The van der Waals surface area contributed by atoms with E-state index >= 15 is 0 Å². The molecule has 1 fully saturated rings. The van der Waals surface area contributed by atoms with Crippen molar-refractivity contribution in [2.24, 2.45) is 0 Å². The van der Waals surface area contributed by atoms with E-state index in [4.69, 9.17) is 9.26 Å². The van der Waals surface area contributed by atoms with Gasteiger partial charge in [0.25, 0.3) is 5.91 Å². The Hall–Kier alpha value is -5.16. The van der Waals surface area contributed by atoms with Crippen LogP contribution in [0.3, 0.4) is 0 Å². The van der Waals surface area contributed by atoms with Crippen molar-refractivity contribution in [1.82, 2.24) is 24.4 Å². The minimum Gasteiger partial charge on any atom is -0.349 e. The SMILES string of the molecule is O=C(Nc1ncnc2c1ncn2[C@H]1CN(C(c2ccccc2)(c2ccccc2)c2ccccc2)C[C@@H](CO[P+](=O)O)O1)c1ccccc1. The molecule has 0 spiro atoms. The molecule has 1 saturated heterocycles. The monoisotopic (exact) mass is 659 g/mol. The molecule has 3 atom stereocenters. The number of carbonyl (C=O) groups is 1. The maximum absolute atomic E-state index is 13.0. The van der Waals surface area contributed by atoms with Crippen molar-refractivity contribution in [3.8, 4) is 0 Å². The maximum Gasteiger partial charge on any atom is 0.694 e. The molecule has 12 heteroatoms. The maximum atomic E-state index is 13.0. The van der Waals surface area contributed by atoms with Crippen LogP contribution in [0.15, 0.2) is 134 Å². The third-order valence-electron chi connectivity index (χ3n) is 8.51. The van der Waals surface area contributed by atoms with Gasteiger partial charge in [-0.1, -0.05) is 109 Å². The van der Waals surface area contributed by atoms with Gasteiger partial charge in [-0.05, 0) is 28.8 Å². The second-order valence-corrected chi connectivity index (χ2v) is 12.1.